The molecule has 0 aromatic carbocycles. The van der Waals surface area contributed by atoms with Crippen molar-refractivity contribution in [1.29, 1.82) is 0 Å². The average Bonchev–Trinajstić information content (AvgIpc) is 2.27. The highest BCUT2D eigenvalue weighted by Crippen LogP contribution is 2.29. The van der Waals surface area contributed by atoms with Gasteiger partial charge in [-0.05, 0) is 19.3 Å². The lowest BCUT2D eigenvalue weighted by Gasteiger charge is -2.12. The molecule has 0 spiro atoms. The molecule has 0 aromatic heterocycles. The molecule has 0 aliphatic heterocycles. The highest BCUT2D eigenvalue weighted by molar-refractivity contribution is 8.15. The maximum absolute atomic E-state index is 12.2. The molecule has 0 unspecified atom stereocenters. The second kappa shape index (κ2) is 7.94. The first-order valence-electron chi connectivity index (χ1n) is 6.54. The van der Waals surface area contributed by atoms with E-state index in [0.29, 0.717) is 0 Å². The Morgan fingerprint density at radius 2 is 0.952 bits per heavy atom. The van der Waals surface area contributed by atoms with E-state index < -0.39 is 55.4 Å². The van der Waals surface area contributed by atoms with Gasteiger partial charge >= 0.3 is 0 Å². The molecule has 0 N–H and O–H groups in total. The Morgan fingerprint density at radius 1 is 0.667 bits per heavy atom. The third-order valence-corrected chi connectivity index (χ3v) is 10.4. The molecule has 21 heavy (non-hydrogen) atoms. The van der Waals surface area contributed by atoms with Crippen LogP contribution >= 0.6 is 11.6 Å². The minimum atomic E-state index is -4.27. The van der Waals surface area contributed by atoms with E-state index in [4.69, 9.17) is 11.6 Å². The van der Waals surface area contributed by atoms with Crippen molar-refractivity contribution in [2.24, 2.45) is 0 Å². The Bertz CT molecular complexity index is 648. The molecule has 0 bridgehead atoms. The largest absolute Gasteiger partial charge is 0.223 e. The summed E-state index contributed by atoms with van der Waals surface area (Å²) >= 11 is 5.69. The van der Waals surface area contributed by atoms with Gasteiger partial charge in [0.15, 0.2) is 38.1 Å². The van der Waals surface area contributed by atoms with Crippen LogP contribution in [0.2, 0.25) is 0 Å². The molecule has 0 radical (unpaired) electrons. The van der Waals surface area contributed by atoms with Gasteiger partial charge in [0.25, 0.3) is 0 Å². The quantitative estimate of drug-likeness (QED) is 0.604. The summed E-state index contributed by atoms with van der Waals surface area (Å²) in [6, 6.07) is 0. The predicted octanol–water partition coefficient (Wildman–Crippen LogP) is 1.83. The van der Waals surface area contributed by atoms with Gasteiger partial charge in [-0.15, -0.1) is 0 Å². The molecule has 10 heteroatoms. The van der Waals surface area contributed by atoms with Gasteiger partial charge in [-0.1, -0.05) is 32.4 Å². The normalized spacial score (nSPS) is 13.1. The predicted molar refractivity (Wildman–Crippen MR) is 85.1 cm³/mol. The molecular formula is C11H21ClO6S3. The Kier molecular flexibility index (Phi) is 7.89. The van der Waals surface area contributed by atoms with E-state index in [9.17, 15) is 25.3 Å². The number of hydrogen-bond donors (Lipinski definition) is 0. The van der Waals surface area contributed by atoms with Gasteiger partial charge in [-0.2, -0.15) is 0 Å². The summed E-state index contributed by atoms with van der Waals surface area (Å²) in [6.07, 6.45) is 0.518. The summed E-state index contributed by atoms with van der Waals surface area (Å²) in [7, 11) is -12.7. The summed E-state index contributed by atoms with van der Waals surface area (Å²) in [6.45, 7) is 4.68. The van der Waals surface area contributed by atoms with Crippen LogP contribution < -0.4 is 0 Å². The zero-order valence-electron chi connectivity index (χ0n) is 12.3. The highest BCUT2D eigenvalue weighted by atomic mass is 35.5. The van der Waals surface area contributed by atoms with E-state index in [1.54, 1.807) is 20.8 Å². The molecule has 0 rings (SSSR count). The lowest BCUT2D eigenvalue weighted by atomic mass is 10.6. The van der Waals surface area contributed by atoms with E-state index in [1.165, 1.54) is 0 Å². The number of halogens is 1. The Morgan fingerprint density at radius 3 is 1.24 bits per heavy atom. The van der Waals surface area contributed by atoms with Crippen molar-refractivity contribution in [1.82, 2.24) is 0 Å². The Hall–Kier alpha value is -0.120. The van der Waals surface area contributed by atoms with Crippen LogP contribution in [0.25, 0.3) is 0 Å². The van der Waals surface area contributed by atoms with E-state index in [0.717, 1.165) is 0 Å². The minimum Gasteiger partial charge on any atom is -0.223 e. The van der Waals surface area contributed by atoms with E-state index in [2.05, 4.69) is 0 Å². The van der Waals surface area contributed by atoms with Crippen LogP contribution in [0.15, 0.2) is 8.60 Å². The third-order valence-electron chi connectivity index (χ3n) is 2.42. The molecule has 0 saturated heterocycles. The van der Waals surface area contributed by atoms with Gasteiger partial charge in [0.1, 0.15) is 0 Å². The Labute approximate surface area is 132 Å². The monoisotopic (exact) mass is 380 g/mol. The van der Waals surface area contributed by atoms with Crippen molar-refractivity contribution in [2.75, 3.05) is 17.3 Å². The molecule has 0 amide bonds. The summed E-state index contributed by atoms with van der Waals surface area (Å²) in [5, 5.41) is 0. The van der Waals surface area contributed by atoms with Gasteiger partial charge in [-0.3, -0.25) is 0 Å². The van der Waals surface area contributed by atoms with Crippen molar-refractivity contribution in [3.63, 3.8) is 0 Å². The zero-order chi connectivity index (χ0) is 16.9. The van der Waals surface area contributed by atoms with Gasteiger partial charge in [0.2, 0.25) is 0 Å². The first-order valence-corrected chi connectivity index (χ1v) is 11.9. The van der Waals surface area contributed by atoms with E-state index >= 15 is 0 Å². The lowest BCUT2D eigenvalue weighted by molar-refractivity contribution is 0.590. The molecule has 0 heterocycles. The zero-order valence-corrected chi connectivity index (χ0v) is 15.5. The molecule has 0 fully saturated rings. The molecule has 126 valence electrons. The van der Waals surface area contributed by atoms with Crippen molar-refractivity contribution in [2.45, 2.75) is 40.0 Å². The molecule has 0 aliphatic rings. The van der Waals surface area contributed by atoms with E-state index in [-0.39, 0.29) is 19.3 Å². The second-order valence-electron chi connectivity index (χ2n) is 4.52. The molecular weight excluding hydrogens is 360 g/mol. The Balaban J connectivity index is 6.48. The minimum absolute atomic E-state index is 0.158. The van der Waals surface area contributed by atoms with Crippen LogP contribution in [-0.2, 0) is 29.5 Å². The summed E-state index contributed by atoms with van der Waals surface area (Å²) < 4.78 is 70.3. The fourth-order valence-electron chi connectivity index (χ4n) is 1.65. The summed E-state index contributed by atoms with van der Waals surface area (Å²) in [4.78, 5) is 0. The van der Waals surface area contributed by atoms with Crippen LogP contribution in [0.3, 0.4) is 0 Å². The van der Waals surface area contributed by atoms with E-state index in [1.807, 2.05) is 0 Å². The molecule has 6 nitrogen and oxygen atoms in total. The summed E-state index contributed by atoms with van der Waals surface area (Å²) in [5.41, 5.74) is 0. The SMILES string of the molecule is CCCS(=O)(=O)C(Cl)=C(S(=O)(=O)CCC)S(=O)(=O)CCC. The summed E-state index contributed by atoms with van der Waals surface area (Å²) in [5.74, 6) is -1.34. The number of hydrogen-bond acceptors (Lipinski definition) is 6. The van der Waals surface area contributed by atoms with Gasteiger partial charge in [-0.25, -0.2) is 25.3 Å². The third kappa shape index (κ3) is 5.54. The standard InChI is InChI=1S/C11H21ClO6S3/c1-4-7-19(13,14)10(12)11(20(15,16)8-5-2)21(17,18)9-6-3/h4-9H2,1-3H3. The smallest absolute Gasteiger partial charge is 0.191 e. The van der Waals surface area contributed by atoms with Crippen molar-refractivity contribution >= 4 is 41.1 Å². The van der Waals surface area contributed by atoms with Crippen molar-refractivity contribution < 1.29 is 25.3 Å². The van der Waals surface area contributed by atoms with Crippen LogP contribution in [0.5, 0.6) is 0 Å². The van der Waals surface area contributed by atoms with Crippen LogP contribution in [0.4, 0.5) is 0 Å². The molecule has 0 atom stereocenters. The fourth-order valence-corrected chi connectivity index (χ4v) is 9.06. The average molecular weight is 381 g/mol. The fraction of sp³-hybridized carbons (Fsp3) is 0.818. The maximum Gasteiger partial charge on any atom is 0.191 e. The van der Waals surface area contributed by atoms with Crippen molar-refractivity contribution in [3.8, 4) is 0 Å². The molecule has 0 saturated carbocycles. The lowest BCUT2D eigenvalue weighted by Crippen LogP contribution is -2.23. The van der Waals surface area contributed by atoms with Crippen LogP contribution in [0, 0.1) is 0 Å². The highest BCUT2D eigenvalue weighted by Gasteiger charge is 2.36. The van der Waals surface area contributed by atoms with Crippen LogP contribution in [0.1, 0.15) is 40.0 Å². The maximum atomic E-state index is 12.2. The topological polar surface area (TPSA) is 102 Å². The first kappa shape index (κ1) is 20.9. The first-order chi connectivity index (χ1) is 9.46. The molecule has 0 aromatic rings. The number of sulfone groups is 3. The van der Waals surface area contributed by atoms with Gasteiger partial charge in [0.05, 0.1) is 17.3 Å². The second-order valence-corrected chi connectivity index (χ2v) is 11.5. The van der Waals surface area contributed by atoms with Crippen LogP contribution in [-0.4, -0.2) is 42.5 Å². The molecule has 0 aliphatic carbocycles. The van der Waals surface area contributed by atoms with Gasteiger partial charge in [0, 0.05) is 0 Å². The van der Waals surface area contributed by atoms with Crippen molar-refractivity contribution in [3.05, 3.63) is 8.60 Å². The number of rotatable bonds is 9. The van der Waals surface area contributed by atoms with Gasteiger partial charge < -0.3 is 0 Å².